The van der Waals surface area contributed by atoms with E-state index in [9.17, 15) is 61.3 Å². The maximum atomic E-state index is 11.9. The van der Waals surface area contributed by atoms with Crippen LogP contribution in [0.2, 0.25) is 0 Å². The highest BCUT2D eigenvalue weighted by Crippen LogP contribution is 2.64. The number of furan rings is 1. The Labute approximate surface area is 380 Å². The topological polar surface area (TPSA) is 305 Å². The van der Waals surface area contributed by atoms with E-state index in [0.29, 0.717) is 17.1 Å². The maximum absolute atomic E-state index is 11.9. The number of phenols is 9. The Morgan fingerprint density at radius 2 is 1.15 bits per heavy atom. The number of rotatable bonds is 6. The summed E-state index contributed by atoms with van der Waals surface area (Å²) in [6.45, 7) is 0. The van der Waals surface area contributed by atoms with Crippen molar-refractivity contribution >= 4 is 33.3 Å². The van der Waals surface area contributed by atoms with Crippen molar-refractivity contribution in [3.05, 3.63) is 142 Å². The Hall–Kier alpha value is -10.0. The molecule has 0 fully saturated rings. The lowest BCUT2D eigenvalue weighted by molar-refractivity contribution is -0.101. The minimum atomic E-state index is -1.22. The van der Waals surface area contributed by atoms with Gasteiger partial charge in [0.1, 0.15) is 17.2 Å². The fourth-order valence-electron chi connectivity index (χ4n) is 9.32. The van der Waals surface area contributed by atoms with Crippen molar-refractivity contribution in [3.63, 3.8) is 0 Å². The SMILES string of the molecule is C#C/C(O)=C(O)\C(O)=C1/Cc2c(OOc3c(Nc4ccc5c(c4)C4(c6ccccc6O5)c5ccccc5-c5ccccc54)c(O)c(O)c4c3oc3c(O)c(O)c(O)c(O)c34)c(O)c(O)c(O)c2O1. The first-order valence-corrected chi connectivity index (χ1v) is 20.2. The number of allylic oxidation sites excluding steroid dienone is 2. The second-order valence-electron chi connectivity index (χ2n) is 15.8. The third-order valence-electron chi connectivity index (χ3n) is 12.3. The fraction of sp³-hybridized carbons (Fsp3) is 0.0400. The number of aliphatic hydroxyl groups excluding tert-OH is 3. The van der Waals surface area contributed by atoms with Crippen LogP contribution in [0.5, 0.6) is 80.5 Å². The molecule has 1 aromatic heterocycles. The van der Waals surface area contributed by atoms with Crippen LogP contribution in [0, 0.1) is 12.3 Å². The molecular weight excluding hydrogens is 887 g/mol. The van der Waals surface area contributed by atoms with E-state index in [1.807, 2.05) is 72.8 Å². The van der Waals surface area contributed by atoms with Crippen molar-refractivity contribution in [1.82, 2.24) is 0 Å². The van der Waals surface area contributed by atoms with Gasteiger partial charge in [0.15, 0.2) is 39.9 Å². The first-order valence-electron chi connectivity index (χ1n) is 20.2. The zero-order valence-electron chi connectivity index (χ0n) is 34.4. The second-order valence-corrected chi connectivity index (χ2v) is 15.8. The second kappa shape index (κ2) is 14.2. The lowest BCUT2D eigenvalue weighted by Gasteiger charge is -2.39. The zero-order chi connectivity index (χ0) is 47.7. The lowest BCUT2D eigenvalue weighted by Crippen LogP contribution is -2.32. The van der Waals surface area contributed by atoms with Gasteiger partial charge in [-0.05, 0) is 52.4 Å². The Bertz CT molecular complexity index is 3650. The van der Waals surface area contributed by atoms with Gasteiger partial charge >= 0.3 is 0 Å². The number of anilines is 2. The normalized spacial score (nSPS) is 14.7. The molecule has 0 atom stereocenters. The third kappa shape index (κ3) is 5.28. The molecule has 2 aliphatic heterocycles. The van der Waals surface area contributed by atoms with Crippen LogP contribution in [0.25, 0.3) is 33.1 Å². The van der Waals surface area contributed by atoms with E-state index in [4.69, 9.17) is 30.1 Å². The quantitative estimate of drug-likeness (QED) is 0.0185. The van der Waals surface area contributed by atoms with Crippen LogP contribution in [0.15, 0.2) is 118 Å². The molecule has 0 amide bonds. The Morgan fingerprint density at radius 3 is 1.84 bits per heavy atom. The van der Waals surface area contributed by atoms with Crippen LogP contribution in [0.1, 0.15) is 27.8 Å². The molecule has 1 aliphatic carbocycles. The molecular formula is C50H31NO17. The molecule has 8 aromatic rings. The number of aromatic hydroxyl groups is 9. The van der Waals surface area contributed by atoms with Crippen molar-refractivity contribution in [2.24, 2.45) is 0 Å². The number of para-hydroxylation sites is 1. The third-order valence-corrected chi connectivity index (χ3v) is 12.3. The summed E-state index contributed by atoms with van der Waals surface area (Å²) in [5, 5.41) is 132. The number of phenolic OH excluding ortho intramolecular Hbond substituents is 9. The van der Waals surface area contributed by atoms with Crippen molar-refractivity contribution in [2.75, 3.05) is 5.32 Å². The highest BCUT2D eigenvalue weighted by atomic mass is 17.2. The summed E-state index contributed by atoms with van der Waals surface area (Å²) in [4.78, 5) is 11.4. The van der Waals surface area contributed by atoms with Gasteiger partial charge in [0.05, 0.1) is 21.8 Å². The van der Waals surface area contributed by atoms with Crippen molar-refractivity contribution < 1.29 is 84.9 Å². The average Bonchev–Trinajstić information content (AvgIpc) is 4.07. The molecule has 0 saturated heterocycles. The molecule has 7 aromatic carbocycles. The first-order chi connectivity index (χ1) is 32.7. The Kier molecular flexibility index (Phi) is 8.53. The van der Waals surface area contributed by atoms with Crippen LogP contribution in [0.3, 0.4) is 0 Å². The van der Waals surface area contributed by atoms with Gasteiger partial charge in [-0.2, -0.15) is 0 Å². The van der Waals surface area contributed by atoms with Crippen LogP contribution in [-0.2, 0) is 11.8 Å². The number of ether oxygens (including phenoxy) is 2. The fourth-order valence-corrected chi connectivity index (χ4v) is 9.32. The summed E-state index contributed by atoms with van der Waals surface area (Å²) in [6.07, 6.45) is 4.49. The van der Waals surface area contributed by atoms with Gasteiger partial charge in [0.25, 0.3) is 0 Å². The van der Waals surface area contributed by atoms with E-state index < -0.39 is 131 Å². The molecule has 11 rings (SSSR count). The first kappa shape index (κ1) is 40.7. The van der Waals surface area contributed by atoms with Crippen molar-refractivity contribution in [1.29, 1.82) is 0 Å². The maximum Gasteiger partial charge on any atom is 0.249 e. The average molecular weight is 918 g/mol. The summed E-state index contributed by atoms with van der Waals surface area (Å²) in [5.41, 5.74) is 2.37. The van der Waals surface area contributed by atoms with Crippen LogP contribution in [-0.4, -0.2) is 61.3 Å². The molecule has 3 aliphatic rings. The Balaban J connectivity index is 1.11. The largest absolute Gasteiger partial charge is 0.504 e. The number of terminal acetylenes is 1. The van der Waals surface area contributed by atoms with E-state index in [2.05, 4.69) is 5.32 Å². The highest BCUT2D eigenvalue weighted by Gasteiger charge is 2.51. The minimum absolute atomic E-state index is 0.219. The molecule has 13 N–H and O–H groups in total. The molecule has 0 unspecified atom stereocenters. The molecule has 0 radical (unpaired) electrons. The lowest BCUT2D eigenvalue weighted by atomic mass is 9.66. The monoisotopic (exact) mass is 917 g/mol. The van der Waals surface area contributed by atoms with Gasteiger partial charge in [0, 0.05) is 23.2 Å². The standard InChI is InChI=1S/C50H31NO17/c1-2-27(52)34(53)35(54)30-18-22-45(65-30)42(61)41(60)43(62)46(22)67-68-49-33(38(57)36(55)32-31-37(56)39(58)40(59)44(63)47(31)66-48(32)49)51-19-15-16-29-26(17-19)50(25-13-7-8-14-28(25)64-29)23-11-5-3-9-20(23)21-10-4-6-12-24(21)50/h1,3-17,51-63H,18H2/b34-27-,35-30-. The smallest absolute Gasteiger partial charge is 0.249 e. The summed E-state index contributed by atoms with van der Waals surface area (Å²) in [6, 6.07) is 28.5. The molecule has 18 heteroatoms. The van der Waals surface area contributed by atoms with Crippen LogP contribution < -0.4 is 24.6 Å². The van der Waals surface area contributed by atoms with Gasteiger partial charge in [-0.3, -0.25) is 9.78 Å². The summed E-state index contributed by atoms with van der Waals surface area (Å²) in [7, 11) is 0. The molecule has 1 spiro atoms. The number of hydrogen-bond acceptors (Lipinski definition) is 18. The van der Waals surface area contributed by atoms with Gasteiger partial charge < -0.3 is 80.5 Å². The van der Waals surface area contributed by atoms with Crippen molar-refractivity contribution in [2.45, 2.75) is 11.8 Å². The molecule has 3 heterocycles. The number of fused-ring (bicyclic) bond motifs is 13. The molecule has 0 saturated carbocycles. The number of aliphatic hydroxyl groups is 3. The molecule has 0 bridgehead atoms. The summed E-state index contributed by atoms with van der Waals surface area (Å²) >= 11 is 0. The predicted molar refractivity (Wildman–Crippen MR) is 239 cm³/mol. The van der Waals surface area contributed by atoms with Gasteiger partial charge in [-0.15, -0.1) is 6.42 Å². The van der Waals surface area contributed by atoms with Crippen LogP contribution in [0.4, 0.5) is 11.4 Å². The molecule has 68 heavy (non-hydrogen) atoms. The summed E-state index contributed by atoms with van der Waals surface area (Å²) < 4.78 is 17.9. The van der Waals surface area contributed by atoms with Gasteiger partial charge in [0.2, 0.25) is 63.3 Å². The van der Waals surface area contributed by atoms with Crippen LogP contribution >= 0.6 is 0 Å². The van der Waals surface area contributed by atoms with E-state index in [-0.39, 0.29) is 11.3 Å². The van der Waals surface area contributed by atoms with E-state index >= 15 is 0 Å². The predicted octanol–water partition coefficient (Wildman–Crippen LogP) is 9.19. The van der Waals surface area contributed by atoms with E-state index in [1.165, 1.54) is 0 Å². The van der Waals surface area contributed by atoms with Gasteiger partial charge in [-0.25, -0.2) is 0 Å². The van der Waals surface area contributed by atoms with E-state index in [0.717, 1.165) is 27.8 Å². The molecule has 338 valence electrons. The summed E-state index contributed by atoms with van der Waals surface area (Å²) in [5.74, 6) is -13.4. The number of hydrogen-bond donors (Lipinski definition) is 13. The Morgan fingerprint density at radius 1 is 0.574 bits per heavy atom. The number of benzene rings is 7. The number of nitrogens with one attached hydrogen (secondary N) is 1. The van der Waals surface area contributed by atoms with E-state index in [1.54, 1.807) is 24.1 Å². The van der Waals surface area contributed by atoms with Gasteiger partial charge in [-0.1, -0.05) is 66.7 Å². The van der Waals surface area contributed by atoms with Crippen molar-refractivity contribution in [3.8, 4) is 104 Å². The molecule has 18 nitrogen and oxygen atoms in total. The minimum Gasteiger partial charge on any atom is -0.504 e. The zero-order valence-corrected chi connectivity index (χ0v) is 34.4. The highest BCUT2D eigenvalue weighted by molar-refractivity contribution is 6.18.